The van der Waals surface area contributed by atoms with Gasteiger partial charge in [-0.3, -0.25) is 4.79 Å². The fourth-order valence-corrected chi connectivity index (χ4v) is 1.05. The maximum absolute atomic E-state index is 11.4. The number of carbonyl (C=O) groups excluding carboxylic acids is 1. The number of hydrogen-bond donors (Lipinski definition) is 1. The summed E-state index contributed by atoms with van der Waals surface area (Å²) in [6.45, 7) is 4.39. The van der Waals surface area contributed by atoms with Gasteiger partial charge in [-0.2, -0.15) is 5.26 Å². The van der Waals surface area contributed by atoms with Crippen LogP contribution in [-0.4, -0.2) is 35.6 Å². The van der Waals surface area contributed by atoms with E-state index in [1.807, 2.05) is 13.0 Å². The zero-order valence-corrected chi connectivity index (χ0v) is 8.16. The number of carbonyl (C=O) groups is 1. The zero-order valence-electron chi connectivity index (χ0n) is 8.16. The Kier molecular flexibility index (Phi) is 5.90. The Labute approximate surface area is 78.8 Å². The van der Waals surface area contributed by atoms with Crippen LogP contribution in [-0.2, 0) is 4.79 Å². The Balaban J connectivity index is 4.20. The third kappa shape index (κ3) is 3.90. The molecule has 0 heterocycles. The van der Waals surface area contributed by atoms with Gasteiger partial charge < -0.3 is 10.0 Å². The molecule has 0 aromatic heterocycles. The topological polar surface area (TPSA) is 64.3 Å². The van der Waals surface area contributed by atoms with Crippen LogP contribution in [0.3, 0.4) is 0 Å². The van der Waals surface area contributed by atoms with Gasteiger partial charge in [0.15, 0.2) is 0 Å². The number of aliphatic hydroxyl groups is 1. The summed E-state index contributed by atoms with van der Waals surface area (Å²) < 4.78 is 0. The first kappa shape index (κ1) is 11.9. The number of nitrogens with zero attached hydrogens (tertiary/aromatic N) is 2. The van der Waals surface area contributed by atoms with E-state index in [1.54, 1.807) is 6.92 Å². The molecule has 0 aliphatic rings. The minimum Gasteiger partial charge on any atom is -0.395 e. The van der Waals surface area contributed by atoms with Crippen molar-refractivity contribution in [3.8, 4) is 6.07 Å². The second kappa shape index (κ2) is 6.44. The molecule has 1 amide bonds. The lowest BCUT2D eigenvalue weighted by Gasteiger charge is -2.21. The van der Waals surface area contributed by atoms with E-state index >= 15 is 0 Å². The Bertz CT molecular complexity index is 192. The van der Waals surface area contributed by atoms with Crippen LogP contribution < -0.4 is 0 Å². The fraction of sp³-hybridized carbons (Fsp3) is 0.778. The maximum Gasteiger partial charge on any atom is 0.239 e. The quantitative estimate of drug-likeness (QED) is 0.671. The van der Waals surface area contributed by atoms with Gasteiger partial charge in [-0.1, -0.05) is 6.92 Å². The molecular weight excluding hydrogens is 168 g/mol. The van der Waals surface area contributed by atoms with Crippen LogP contribution in [0.25, 0.3) is 0 Å². The van der Waals surface area contributed by atoms with Crippen molar-refractivity contribution in [2.24, 2.45) is 5.92 Å². The summed E-state index contributed by atoms with van der Waals surface area (Å²) in [5, 5.41) is 17.2. The van der Waals surface area contributed by atoms with Gasteiger partial charge in [0.05, 0.1) is 12.7 Å². The van der Waals surface area contributed by atoms with Crippen molar-refractivity contribution in [2.45, 2.75) is 20.3 Å². The Hall–Kier alpha value is -1.08. The van der Waals surface area contributed by atoms with Crippen molar-refractivity contribution in [1.82, 2.24) is 4.90 Å². The Morgan fingerprint density at radius 2 is 2.23 bits per heavy atom. The van der Waals surface area contributed by atoms with Gasteiger partial charge in [0.2, 0.25) is 5.91 Å². The Morgan fingerprint density at radius 1 is 1.62 bits per heavy atom. The summed E-state index contributed by atoms with van der Waals surface area (Å²) >= 11 is 0. The molecule has 4 heteroatoms. The molecule has 4 nitrogen and oxygen atoms in total. The van der Waals surface area contributed by atoms with E-state index in [1.165, 1.54) is 4.90 Å². The van der Waals surface area contributed by atoms with E-state index < -0.39 is 5.92 Å². The number of amides is 1. The minimum atomic E-state index is -0.613. The summed E-state index contributed by atoms with van der Waals surface area (Å²) in [5.41, 5.74) is 0. The van der Waals surface area contributed by atoms with Crippen molar-refractivity contribution in [1.29, 1.82) is 5.26 Å². The molecule has 0 bridgehead atoms. The molecule has 0 saturated heterocycles. The SMILES string of the molecule is CCCN(CCO)C(=O)C(C)C#N. The number of nitriles is 1. The summed E-state index contributed by atoms with van der Waals surface area (Å²) in [7, 11) is 0. The highest BCUT2D eigenvalue weighted by Crippen LogP contribution is 2.01. The molecule has 0 aliphatic carbocycles. The first-order chi connectivity index (χ1) is 6.17. The van der Waals surface area contributed by atoms with Crippen molar-refractivity contribution < 1.29 is 9.90 Å². The molecule has 0 radical (unpaired) electrons. The van der Waals surface area contributed by atoms with Crippen molar-refractivity contribution in [3.63, 3.8) is 0 Å². The third-order valence-electron chi connectivity index (χ3n) is 1.74. The van der Waals surface area contributed by atoms with Crippen molar-refractivity contribution >= 4 is 5.91 Å². The van der Waals surface area contributed by atoms with Gasteiger partial charge in [0, 0.05) is 13.1 Å². The monoisotopic (exact) mass is 184 g/mol. The van der Waals surface area contributed by atoms with Gasteiger partial charge >= 0.3 is 0 Å². The minimum absolute atomic E-state index is 0.0517. The summed E-state index contributed by atoms with van der Waals surface area (Å²) in [4.78, 5) is 13.0. The first-order valence-corrected chi connectivity index (χ1v) is 4.46. The first-order valence-electron chi connectivity index (χ1n) is 4.46. The lowest BCUT2D eigenvalue weighted by atomic mass is 10.2. The normalized spacial score (nSPS) is 11.8. The lowest BCUT2D eigenvalue weighted by Crippen LogP contribution is -2.37. The molecule has 0 saturated carbocycles. The van der Waals surface area contributed by atoms with Crippen LogP contribution >= 0.6 is 0 Å². The molecule has 1 N–H and O–H groups in total. The van der Waals surface area contributed by atoms with E-state index in [0.717, 1.165) is 6.42 Å². The van der Waals surface area contributed by atoms with Gasteiger partial charge in [0.25, 0.3) is 0 Å². The summed E-state index contributed by atoms with van der Waals surface area (Å²) in [6.07, 6.45) is 0.837. The summed E-state index contributed by atoms with van der Waals surface area (Å²) in [6, 6.07) is 1.89. The highest BCUT2D eigenvalue weighted by Gasteiger charge is 2.18. The fourth-order valence-electron chi connectivity index (χ4n) is 1.05. The number of aliphatic hydroxyl groups excluding tert-OH is 1. The van der Waals surface area contributed by atoms with E-state index in [0.29, 0.717) is 13.1 Å². The molecule has 0 rings (SSSR count). The number of rotatable bonds is 5. The van der Waals surface area contributed by atoms with Crippen molar-refractivity contribution in [3.05, 3.63) is 0 Å². The molecule has 1 atom stereocenters. The van der Waals surface area contributed by atoms with Gasteiger partial charge in [-0.15, -0.1) is 0 Å². The molecule has 74 valence electrons. The molecule has 0 aromatic carbocycles. The van der Waals surface area contributed by atoms with Crippen molar-refractivity contribution in [2.75, 3.05) is 19.7 Å². The molecule has 0 aliphatic heterocycles. The average Bonchev–Trinajstić information content (AvgIpc) is 2.15. The molecule has 0 fully saturated rings. The predicted molar refractivity (Wildman–Crippen MR) is 48.7 cm³/mol. The van der Waals surface area contributed by atoms with Crippen LogP contribution in [0.2, 0.25) is 0 Å². The standard InChI is InChI=1S/C9H16N2O2/c1-3-4-11(5-6-12)9(13)8(2)7-10/h8,12H,3-6H2,1-2H3. The molecule has 1 unspecified atom stereocenters. The second-order valence-electron chi connectivity index (χ2n) is 2.90. The highest BCUT2D eigenvalue weighted by molar-refractivity contribution is 5.80. The van der Waals surface area contributed by atoms with E-state index in [4.69, 9.17) is 10.4 Å². The Morgan fingerprint density at radius 3 is 2.62 bits per heavy atom. The average molecular weight is 184 g/mol. The van der Waals surface area contributed by atoms with E-state index in [-0.39, 0.29) is 12.5 Å². The smallest absolute Gasteiger partial charge is 0.239 e. The molecular formula is C9H16N2O2. The van der Waals surface area contributed by atoms with Gasteiger partial charge in [-0.25, -0.2) is 0 Å². The predicted octanol–water partition coefficient (Wildman–Crippen LogP) is 0.377. The third-order valence-corrected chi connectivity index (χ3v) is 1.74. The summed E-state index contributed by atoms with van der Waals surface area (Å²) in [5.74, 6) is -0.809. The largest absolute Gasteiger partial charge is 0.395 e. The maximum atomic E-state index is 11.4. The van der Waals surface area contributed by atoms with Gasteiger partial charge in [-0.05, 0) is 13.3 Å². The molecule has 0 spiro atoms. The van der Waals surface area contributed by atoms with Crippen LogP contribution in [0.1, 0.15) is 20.3 Å². The van der Waals surface area contributed by atoms with Gasteiger partial charge in [0.1, 0.15) is 5.92 Å². The molecule has 0 aromatic rings. The highest BCUT2D eigenvalue weighted by atomic mass is 16.3. The number of hydrogen-bond acceptors (Lipinski definition) is 3. The van der Waals surface area contributed by atoms with Crippen LogP contribution in [0.15, 0.2) is 0 Å². The van der Waals surface area contributed by atoms with Crippen LogP contribution in [0.5, 0.6) is 0 Å². The molecule has 13 heavy (non-hydrogen) atoms. The lowest BCUT2D eigenvalue weighted by molar-refractivity contribution is -0.133. The second-order valence-corrected chi connectivity index (χ2v) is 2.90. The van der Waals surface area contributed by atoms with Crippen LogP contribution in [0, 0.1) is 17.2 Å². The van der Waals surface area contributed by atoms with E-state index in [2.05, 4.69) is 0 Å². The van der Waals surface area contributed by atoms with Crippen LogP contribution in [0.4, 0.5) is 0 Å². The van der Waals surface area contributed by atoms with E-state index in [9.17, 15) is 4.79 Å². The zero-order chi connectivity index (χ0) is 10.3.